The Hall–Kier alpha value is -3.19. The molecule has 0 saturated heterocycles. The van der Waals surface area contributed by atoms with Crippen LogP contribution in [-0.4, -0.2) is 50.1 Å². The molecule has 0 radical (unpaired) electrons. The van der Waals surface area contributed by atoms with E-state index in [-0.39, 0.29) is 11.6 Å². The number of aromatic nitrogens is 1. The molecule has 0 spiro atoms. The van der Waals surface area contributed by atoms with Gasteiger partial charge in [0.25, 0.3) is 0 Å². The average molecular weight is 411 g/mol. The number of hydrogen-bond donors (Lipinski definition) is 1. The van der Waals surface area contributed by atoms with E-state index < -0.39 is 5.82 Å². The van der Waals surface area contributed by atoms with E-state index in [4.69, 9.17) is 14.5 Å². The van der Waals surface area contributed by atoms with E-state index in [1.165, 1.54) is 13.0 Å². The van der Waals surface area contributed by atoms with Gasteiger partial charge in [-0.3, -0.25) is 4.79 Å². The summed E-state index contributed by atoms with van der Waals surface area (Å²) in [7, 11) is 5.55. The number of benzene rings is 2. The molecule has 0 aliphatic carbocycles. The molecule has 1 N–H and O–H groups in total. The van der Waals surface area contributed by atoms with Crippen LogP contribution < -0.4 is 14.8 Å². The number of hydrogen-bond acceptors (Lipinski definition) is 5. The van der Waals surface area contributed by atoms with Crippen molar-refractivity contribution < 1.29 is 18.7 Å². The normalized spacial score (nSPS) is 11.0. The van der Waals surface area contributed by atoms with Crippen molar-refractivity contribution in [2.24, 2.45) is 0 Å². The molecule has 30 heavy (non-hydrogen) atoms. The molecule has 1 heterocycles. The molecule has 7 heteroatoms. The molecule has 0 unspecified atom stereocenters. The molecule has 0 aliphatic heterocycles. The first-order valence-electron chi connectivity index (χ1n) is 9.63. The number of anilines is 1. The molecule has 3 aromatic rings. The molecule has 0 bridgehead atoms. The average Bonchev–Trinajstić information content (AvgIpc) is 2.68. The highest BCUT2D eigenvalue weighted by molar-refractivity contribution is 5.94. The number of fused-ring (bicyclic) bond motifs is 1. The summed E-state index contributed by atoms with van der Waals surface area (Å²) < 4.78 is 25.9. The molecule has 0 atom stereocenters. The number of para-hydroxylation sites is 1. The molecule has 1 aromatic heterocycles. The van der Waals surface area contributed by atoms with Gasteiger partial charge in [-0.25, -0.2) is 9.37 Å². The SMILES string of the molecule is COc1cccc(-c2cc(C)c3cc(F)c(NC(C)=O)cc3n2)c1OCCN(C)C. The molecule has 0 saturated carbocycles. The number of nitrogens with one attached hydrogen (secondary N) is 1. The van der Waals surface area contributed by atoms with E-state index >= 15 is 0 Å². The maximum absolute atomic E-state index is 14.4. The van der Waals surface area contributed by atoms with Crippen LogP contribution in [0.25, 0.3) is 22.2 Å². The molecule has 3 rings (SSSR count). The van der Waals surface area contributed by atoms with Crippen LogP contribution >= 0.6 is 0 Å². The Morgan fingerprint density at radius 2 is 2.00 bits per heavy atom. The zero-order valence-electron chi connectivity index (χ0n) is 17.9. The Bertz CT molecular complexity index is 1080. The summed E-state index contributed by atoms with van der Waals surface area (Å²) in [5.74, 6) is 0.385. The van der Waals surface area contributed by atoms with E-state index in [9.17, 15) is 9.18 Å². The first kappa shape index (κ1) is 21.5. The number of rotatable bonds is 7. The van der Waals surface area contributed by atoms with Crippen molar-refractivity contribution in [3.8, 4) is 22.8 Å². The van der Waals surface area contributed by atoms with Crippen LogP contribution in [0.5, 0.6) is 11.5 Å². The van der Waals surface area contributed by atoms with Gasteiger partial charge in [-0.2, -0.15) is 0 Å². The lowest BCUT2D eigenvalue weighted by Gasteiger charge is -2.17. The zero-order valence-corrected chi connectivity index (χ0v) is 17.9. The van der Waals surface area contributed by atoms with Gasteiger partial charge in [0.15, 0.2) is 11.5 Å². The summed E-state index contributed by atoms with van der Waals surface area (Å²) in [6, 6.07) is 10.5. The third kappa shape index (κ3) is 4.68. The maximum Gasteiger partial charge on any atom is 0.221 e. The van der Waals surface area contributed by atoms with Gasteiger partial charge in [-0.05, 0) is 56.9 Å². The summed E-state index contributed by atoms with van der Waals surface area (Å²) in [5, 5.41) is 3.19. The van der Waals surface area contributed by atoms with Gasteiger partial charge >= 0.3 is 0 Å². The smallest absolute Gasteiger partial charge is 0.221 e. The van der Waals surface area contributed by atoms with Gasteiger partial charge in [0.1, 0.15) is 12.4 Å². The first-order valence-corrected chi connectivity index (χ1v) is 9.63. The van der Waals surface area contributed by atoms with Gasteiger partial charge in [0.05, 0.1) is 24.0 Å². The monoisotopic (exact) mass is 411 g/mol. The van der Waals surface area contributed by atoms with Crippen LogP contribution in [-0.2, 0) is 4.79 Å². The standard InChI is InChI=1S/C23H26FN3O3/c1-14-11-19(26-20-13-21(25-15(2)28)18(24)12-17(14)20)16-7-6-8-22(29-5)23(16)30-10-9-27(3)4/h6-8,11-13H,9-10H2,1-5H3,(H,25,28). The van der Waals surface area contributed by atoms with Crippen LogP contribution in [0, 0.1) is 12.7 Å². The molecular formula is C23H26FN3O3. The minimum absolute atomic E-state index is 0.104. The molecule has 2 aromatic carbocycles. The fraction of sp³-hybridized carbons (Fsp3) is 0.304. The largest absolute Gasteiger partial charge is 0.493 e. The van der Waals surface area contributed by atoms with E-state index in [1.807, 2.05) is 50.2 Å². The maximum atomic E-state index is 14.4. The van der Waals surface area contributed by atoms with Crippen molar-refractivity contribution >= 4 is 22.5 Å². The van der Waals surface area contributed by atoms with Crippen molar-refractivity contribution in [2.45, 2.75) is 13.8 Å². The Balaban J connectivity index is 2.11. The topological polar surface area (TPSA) is 63.7 Å². The second-order valence-corrected chi connectivity index (χ2v) is 7.34. The highest BCUT2D eigenvalue weighted by atomic mass is 19.1. The summed E-state index contributed by atoms with van der Waals surface area (Å²) in [6.07, 6.45) is 0. The minimum atomic E-state index is -0.496. The highest BCUT2D eigenvalue weighted by Gasteiger charge is 2.16. The van der Waals surface area contributed by atoms with Gasteiger partial charge in [-0.1, -0.05) is 6.07 Å². The highest BCUT2D eigenvalue weighted by Crippen LogP contribution is 2.38. The number of likely N-dealkylation sites (N-methyl/N-ethyl adjacent to an activating group) is 1. The molecular weight excluding hydrogens is 385 g/mol. The molecule has 0 aliphatic rings. The third-order valence-electron chi connectivity index (χ3n) is 4.67. The molecule has 6 nitrogen and oxygen atoms in total. The van der Waals surface area contributed by atoms with Gasteiger partial charge < -0.3 is 19.7 Å². The van der Waals surface area contributed by atoms with Crippen molar-refractivity contribution in [3.05, 3.63) is 47.8 Å². The molecule has 158 valence electrons. The molecule has 1 amide bonds. The Labute approximate surface area is 175 Å². The van der Waals surface area contributed by atoms with E-state index in [0.717, 1.165) is 17.7 Å². The summed E-state index contributed by atoms with van der Waals surface area (Å²) in [6.45, 7) is 4.48. The quantitative estimate of drug-likeness (QED) is 0.630. The fourth-order valence-corrected chi connectivity index (χ4v) is 3.20. The zero-order chi connectivity index (χ0) is 21.8. The number of aryl methyl sites for hydroxylation is 1. The van der Waals surface area contributed by atoms with Gasteiger partial charge in [0, 0.05) is 24.4 Å². The number of nitrogens with zero attached hydrogens (tertiary/aromatic N) is 2. The Kier molecular flexibility index (Phi) is 6.52. The predicted molar refractivity (Wildman–Crippen MR) is 117 cm³/mol. The fourth-order valence-electron chi connectivity index (χ4n) is 3.20. The number of carbonyl (C=O) groups is 1. The minimum Gasteiger partial charge on any atom is -0.493 e. The number of halogens is 1. The van der Waals surface area contributed by atoms with Crippen molar-refractivity contribution in [1.82, 2.24) is 9.88 Å². The van der Waals surface area contributed by atoms with E-state index in [1.54, 1.807) is 13.2 Å². The number of methoxy groups -OCH3 is 1. The van der Waals surface area contributed by atoms with Crippen LogP contribution in [0.1, 0.15) is 12.5 Å². The first-order chi connectivity index (χ1) is 14.3. The number of amides is 1. The van der Waals surface area contributed by atoms with E-state index in [2.05, 4.69) is 5.32 Å². The lowest BCUT2D eigenvalue weighted by atomic mass is 10.0. The number of pyridine rings is 1. The lowest BCUT2D eigenvalue weighted by Crippen LogP contribution is -2.19. The van der Waals surface area contributed by atoms with Crippen molar-refractivity contribution in [2.75, 3.05) is 39.7 Å². The van der Waals surface area contributed by atoms with Crippen LogP contribution in [0.15, 0.2) is 36.4 Å². The Morgan fingerprint density at radius 3 is 2.67 bits per heavy atom. The van der Waals surface area contributed by atoms with Crippen LogP contribution in [0.4, 0.5) is 10.1 Å². The summed E-state index contributed by atoms with van der Waals surface area (Å²) in [5.41, 5.74) is 3.01. The second-order valence-electron chi connectivity index (χ2n) is 7.34. The van der Waals surface area contributed by atoms with E-state index in [0.29, 0.717) is 34.7 Å². The lowest BCUT2D eigenvalue weighted by molar-refractivity contribution is -0.114. The van der Waals surface area contributed by atoms with Gasteiger partial charge in [0.2, 0.25) is 5.91 Å². The van der Waals surface area contributed by atoms with Crippen molar-refractivity contribution in [3.63, 3.8) is 0 Å². The molecule has 0 fully saturated rings. The Morgan fingerprint density at radius 1 is 1.23 bits per heavy atom. The summed E-state index contributed by atoms with van der Waals surface area (Å²) >= 11 is 0. The number of ether oxygens (including phenoxy) is 2. The van der Waals surface area contributed by atoms with Crippen molar-refractivity contribution in [1.29, 1.82) is 0 Å². The van der Waals surface area contributed by atoms with Crippen LogP contribution in [0.3, 0.4) is 0 Å². The predicted octanol–water partition coefficient (Wildman–Crippen LogP) is 4.26. The summed E-state index contributed by atoms with van der Waals surface area (Å²) in [4.78, 5) is 18.2. The van der Waals surface area contributed by atoms with Crippen LogP contribution in [0.2, 0.25) is 0 Å². The second kappa shape index (κ2) is 9.09. The number of carbonyl (C=O) groups excluding carboxylic acids is 1. The third-order valence-corrected chi connectivity index (χ3v) is 4.67. The van der Waals surface area contributed by atoms with Gasteiger partial charge in [-0.15, -0.1) is 0 Å².